The molecular weight excluding hydrogens is 902 g/mol. The third kappa shape index (κ3) is 12.3. The fourth-order valence-corrected chi connectivity index (χ4v) is 10.1. The Bertz CT molecular complexity index is 2590. The summed E-state index contributed by atoms with van der Waals surface area (Å²) < 4.78 is 14.0. The van der Waals surface area contributed by atoms with Crippen LogP contribution in [-0.4, -0.2) is 129 Å². The van der Waals surface area contributed by atoms with Gasteiger partial charge in [-0.3, -0.25) is 33.7 Å². The molecule has 2 fully saturated rings. The van der Waals surface area contributed by atoms with Gasteiger partial charge in [-0.2, -0.15) is 0 Å². The zero-order chi connectivity index (χ0) is 49.6. The molecule has 3 atom stereocenters. The third-order valence-corrected chi connectivity index (χ3v) is 14.2. The summed E-state index contributed by atoms with van der Waals surface area (Å²) in [6.45, 7) is 15.1. The number of carbonyl (C=O) groups excluding carboxylic acids is 6. The van der Waals surface area contributed by atoms with Gasteiger partial charge >= 0.3 is 0 Å². The number of β-amino-alcohol motifs (C(OH)–C–C–N with tert-alkyl or cyclic N) is 1. The van der Waals surface area contributed by atoms with Gasteiger partial charge < -0.3 is 41.2 Å². The molecule has 0 bridgehead atoms. The van der Waals surface area contributed by atoms with Crippen LogP contribution in [0.1, 0.15) is 103 Å². The zero-order valence-corrected chi connectivity index (χ0v) is 41.1. The van der Waals surface area contributed by atoms with Crippen LogP contribution in [0.15, 0.2) is 48.0 Å². The first-order chi connectivity index (χ1) is 32.9. The number of benzene rings is 2. The Labute approximate surface area is 406 Å². The van der Waals surface area contributed by atoms with Crippen LogP contribution >= 0.6 is 11.3 Å². The molecule has 6 amide bonds. The number of amides is 6. The molecule has 0 saturated carbocycles. The number of thiazole rings is 1. The van der Waals surface area contributed by atoms with E-state index in [1.54, 1.807) is 24.3 Å². The second-order valence-electron chi connectivity index (χ2n) is 19.3. The Morgan fingerprint density at radius 3 is 2.39 bits per heavy atom. The van der Waals surface area contributed by atoms with E-state index in [1.165, 1.54) is 23.1 Å². The number of nitrogens with one attached hydrogen (secondary N) is 5. The van der Waals surface area contributed by atoms with E-state index in [1.807, 2.05) is 69.3 Å². The van der Waals surface area contributed by atoms with Gasteiger partial charge in [0.15, 0.2) is 0 Å². The molecule has 0 aliphatic carbocycles. The lowest BCUT2D eigenvalue weighted by Gasteiger charge is -2.35. The van der Waals surface area contributed by atoms with E-state index in [4.69, 9.17) is 0 Å². The number of H-pyrrole nitrogens is 1. The first kappa shape index (κ1) is 50.6. The fourth-order valence-electron chi connectivity index (χ4n) is 9.25. The van der Waals surface area contributed by atoms with Crippen molar-refractivity contribution in [2.24, 2.45) is 5.41 Å². The molecule has 5 heterocycles. The number of piperazine rings is 1. The van der Waals surface area contributed by atoms with Gasteiger partial charge in [0.1, 0.15) is 17.9 Å². The SMILES string of the molecule is Cc1ncsc1-c1ccc(CNC(=O)[C@@H]2C[C@@H](O)CN2C(=O)[C@@H](NC(=O)CCCCC(=O)N2CCN(CCCNC(=O)c3c(C)[nH]c(/C=C4\C(=O)Nc5ccc(F)cc54)c3C)CC2)C(C)(C)C)cc1. The first-order valence-electron chi connectivity index (χ1n) is 23.7. The summed E-state index contributed by atoms with van der Waals surface area (Å²) in [7, 11) is 0. The van der Waals surface area contributed by atoms with Crippen molar-refractivity contribution in [2.75, 3.05) is 51.1 Å². The van der Waals surface area contributed by atoms with Crippen molar-refractivity contribution in [2.45, 2.75) is 105 Å². The molecule has 2 aromatic heterocycles. The van der Waals surface area contributed by atoms with Crippen LogP contribution in [0.2, 0.25) is 0 Å². The van der Waals surface area contributed by atoms with Gasteiger partial charge in [-0.05, 0) is 93.0 Å². The molecular formula is C51H64FN9O7S. The Morgan fingerprint density at radius 1 is 0.971 bits per heavy atom. The number of aryl methyl sites for hydroxylation is 2. The number of aliphatic hydroxyl groups is 1. The lowest BCUT2D eigenvalue weighted by molar-refractivity contribution is -0.144. The predicted molar refractivity (Wildman–Crippen MR) is 263 cm³/mol. The smallest absolute Gasteiger partial charge is 0.256 e. The quantitative estimate of drug-likeness (QED) is 0.0597. The molecule has 2 saturated heterocycles. The topological polar surface area (TPSA) is 209 Å². The van der Waals surface area contributed by atoms with E-state index in [-0.39, 0.29) is 55.5 Å². The largest absolute Gasteiger partial charge is 0.391 e. The third-order valence-electron chi connectivity index (χ3n) is 13.2. The highest BCUT2D eigenvalue weighted by Crippen LogP contribution is 2.35. The molecule has 2 aromatic carbocycles. The van der Waals surface area contributed by atoms with Crippen LogP contribution < -0.4 is 21.3 Å². The van der Waals surface area contributed by atoms with Crippen molar-refractivity contribution in [3.05, 3.63) is 93.1 Å². The summed E-state index contributed by atoms with van der Waals surface area (Å²) >= 11 is 1.57. The van der Waals surface area contributed by atoms with Crippen LogP contribution in [0.4, 0.5) is 10.1 Å². The summed E-state index contributed by atoms with van der Waals surface area (Å²) in [6, 6.07) is 10.2. The van der Waals surface area contributed by atoms with Crippen LogP contribution in [0.5, 0.6) is 0 Å². The molecule has 18 heteroatoms. The van der Waals surface area contributed by atoms with Gasteiger partial charge in [-0.25, -0.2) is 9.37 Å². The minimum atomic E-state index is -0.936. The van der Waals surface area contributed by atoms with Gasteiger partial charge in [-0.1, -0.05) is 45.0 Å². The number of hydrogen-bond donors (Lipinski definition) is 6. The molecule has 0 unspecified atom stereocenters. The maximum atomic E-state index is 14.0. The molecule has 4 aromatic rings. The number of halogens is 1. The minimum absolute atomic E-state index is 0.0150. The highest BCUT2D eigenvalue weighted by Gasteiger charge is 2.44. The average molecular weight is 966 g/mol. The Kier molecular flexibility index (Phi) is 16.2. The van der Waals surface area contributed by atoms with Crippen molar-refractivity contribution >= 4 is 64.1 Å². The van der Waals surface area contributed by atoms with Gasteiger partial charge in [0.05, 0.1) is 33.3 Å². The van der Waals surface area contributed by atoms with E-state index >= 15 is 0 Å². The van der Waals surface area contributed by atoms with Gasteiger partial charge in [-0.15, -0.1) is 11.3 Å². The van der Waals surface area contributed by atoms with Crippen LogP contribution in [0.25, 0.3) is 22.1 Å². The summed E-state index contributed by atoms with van der Waals surface area (Å²) in [6.07, 6.45) is 2.98. The molecule has 7 rings (SSSR count). The standard InChI is InChI=1S/C51H64FN9O7S/c1-30-40(26-38-37-24-35(52)16-17-39(37)57-47(38)65)56-31(2)44(30)49(67)53-18-9-19-59-20-22-60(23-21-59)43(64)11-8-7-10-42(63)58-46(51(4,5)6)50(68)61-28-36(62)25-41(61)48(66)54-27-33-12-14-34(15-13-33)45-32(3)55-29-69-45/h12-17,24,26,29,36,41,46,56,62H,7-11,18-23,25,27-28H2,1-6H3,(H,53,67)(H,54,66)(H,57,65)(H,58,63)/b38-26-/t36-,41+,46-/m1/s1. The van der Waals surface area contributed by atoms with E-state index in [0.29, 0.717) is 97.7 Å². The average Bonchev–Trinajstić information content (AvgIpc) is 4.08. The van der Waals surface area contributed by atoms with Crippen molar-refractivity contribution in [1.82, 2.24) is 40.6 Å². The van der Waals surface area contributed by atoms with Crippen molar-refractivity contribution in [1.29, 1.82) is 0 Å². The number of fused-ring (bicyclic) bond motifs is 1. The number of carbonyl (C=O) groups is 6. The van der Waals surface area contributed by atoms with E-state index in [2.05, 4.69) is 36.1 Å². The molecule has 69 heavy (non-hydrogen) atoms. The highest BCUT2D eigenvalue weighted by molar-refractivity contribution is 7.13. The minimum Gasteiger partial charge on any atom is -0.391 e. The number of anilines is 1. The summed E-state index contributed by atoms with van der Waals surface area (Å²) in [5.74, 6) is -2.09. The van der Waals surface area contributed by atoms with Gasteiger partial charge in [0.25, 0.3) is 11.8 Å². The van der Waals surface area contributed by atoms with Gasteiger partial charge in [0, 0.05) is 87.7 Å². The second kappa shape index (κ2) is 22.0. The number of rotatable bonds is 17. The fraction of sp³-hybridized carbons (Fsp3) is 0.471. The Hall–Kier alpha value is -6.24. The lowest BCUT2D eigenvalue weighted by atomic mass is 9.85. The summed E-state index contributed by atoms with van der Waals surface area (Å²) in [5, 5.41) is 22.2. The predicted octanol–water partition coefficient (Wildman–Crippen LogP) is 5.33. The second-order valence-corrected chi connectivity index (χ2v) is 20.2. The van der Waals surface area contributed by atoms with Crippen molar-refractivity contribution in [3.63, 3.8) is 0 Å². The monoisotopic (exact) mass is 965 g/mol. The normalized spacial score (nSPS) is 18.3. The maximum absolute atomic E-state index is 14.0. The van der Waals surface area contributed by atoms with Crippen LogP contribution in [-0.2, 0) is 30.5 Å². The Morgan fingerprint density at radius 2 is 1.70 bits per heavy atom. The molecule has 368 valence electrons. The van der Waals surface area contributed by atoms with Crippen LogP contribution in [0.3, 0.4) is 0 Å². The molecule has 0 spiro atoms. The lowest BCUT2D eigenvalue weighted by Crippen LogP contribution is -2.57. The summed E-state index contributed by atoms with van der Waals surface area (Å²) in [5.41, 5.74) is 7.80. The molecule has 3 aliphatic heterocycles. The highest BCUT2D eigenvalue weighted by atomic mass is 32.1. The van der Waals surface area contributed by atoms with Crippen molar-refractivity contribution in [3.8, 4) is 10.4 Å². The van der Waals surface area contributed by atoms with E-state index in [9.17, 15) is 38.3 Å². The molecule has 3 aliphatic rings. The molecule has 16 nitrogen and oxygen atoms in total. The molecule has 6 N–H and O–H groups in total. The molecule has 0 radical (unpaired) electrons. The number of aromatic amines is 1. The number of hydrogen-bond acceptors (Lipinski definition) is 10. The maximum Gasteiger partial charge on any atom is 0.256 e. The van der Waals surface area contributed by atoms with Crippen molar-refractivity contribution < 1.29 is 38.3 Å². The Balaban J connectivity index is 0.794. The zero-order valence-electron chi connectivity index (χ0n) is 40.3. The number of unbranched alkanes of at least 4 members (excludes halogenated alkanes) is 1. The number of aliphatic hydroxyl groups excluding tert-OH is 1. The van der Waals surface area contributed by atoms with Gasteiger partial charge in [0.2, 0.25) is 23.6 Å². The number of aromatic nitrogens is 2. The number of nitrogens with zero attached hydrogens (tertiary/aromatic N) is 4. The number of likely N-dealkylation sites (tertiary alicyclic amines) is 1. The van der Waals surface area contributed by atoms with Crippen LogP contribution in [0, 0.1) is 32.0 Å². The van der Waals surface area contributed by atoms with E-state index < -0.39 is 35.3 Å². The van der Waals surface area contributed by atoms with E-state index in [0.717, 1.165) is 28.2 Å². The first-order valence-corrected chi connectivity index (χ1v) is 24.6. The summed E-state index contributed by atoms with van der Waals surface area (Å²) in [4.78, 5) is 93.9.